The molecule has 1 N–H and O–H groups in total. The highest BCUT2D eigenvalue weighted by atomic mass is 16.3. The normalized spacial score (nSPS) is 13.6. The molecular formula is C22H20N6O3. The lowest BCUT2D eigenvalue weighted by molar-refractivity contribution is 0.101. The number of nitrogens with one attached hydrogen (secondary N) is 1. The number of hydrogen-bond acceptors (Lipinski definition) is 7. The molecule has 0 spiro atoms. The maximum Gasteiger partial charge on any atom is 0.277 e. The first kappa shape index (κ1) is 19.1. The number of pyridine rings is 1. The molecule has 1 saturated carbocycles. The van der Waals surface area contributed by atoms with Crippen LogP contribution < -0.4 is 5.32 Å². The fourth-order valence-corrected chi connectivity index (χ4v) is 3.46. The Kier molecular flexibility index (Phi) is 4.58. The summed E-state index contributed by atoms with van der Waals surface area (Å²) in [4.78, 5) is 42.5. The highest BCUT2D eigenvalue weighted by Gasteiger charge is 2.29. The van der Waals surface area contributed by atoms with Crippen molar-refractivity contribution in [3.63, 3.8) is 0 Å². The minimum absolute atomic E-state index is 0.130. The molecule has 9 nitrogen and oxygen atoms in total. The Morgan fingerprint density at radius 2 is 2.03 bits per heavy atom. The Morgan fingerprint density at radius 3 is 2.81 bits per heavy atom. The summed E-state index contributed by atoms with van der Waals surface area (Å²) in [6.45, 7) is 4.04. The molecule has 0 aromatic carbocycles. The van der Waals surface area contributed by atoms with Crippen molar-refractivity contribution in [1.29, 1.82) is 0 Å². The molecule has 4 heterocycles. The summed E-state index contributed by atoms with van der Waals surface area (Å²) in [5, 5.41) is 3.40. The Balaban J connectivity index is 1.41. The van der Waals surface area contributed by atoms with E-state index in [2.05, 4.69) is 25.3 Å². The van der Waals surface area contributed by atoms with Gasteiger partial charge in [-0.25, -0.2) is 15.0 Å². The van der Waals surface area contributed by atoms with Crippen molar-refractivity contribution >= 4 is 28.4 Å². The van der Waals surface area contributed by atoms with Gasteiger partial charge < -0.3 is 14.3 Å². The smallest absolute Gasteiger partial charge is 0.277 e. The molecule has 1 aliphatic rings. The summed E-state index contributed by atoms with van der Waals surface area (Å²) in [7, 11) is 0. The second-order valence-corrected chi connectivity index (χ2v) is 7.89. The maximum absolute atomic E-state index is 13.2. The van der Waals surface area contributed by atoms with E-state index in [0.717, 1.165) is 12.8 Å². The van der Waals surface area contributed by atoms with Crippen molar-refractivity contribution < 1.29 is 14.0 Å². The zero-order valence-corrected chi connectivity index (χ0v) is 17.1. The molecule has 0 atom stereocenters. The van der Waals surface area contributed by atoms with Crippen LogP contribution in [-0.4, -0.2) is 36.2 Å². The fraction of sp³-hybridized carbons (Fsp3) is 0.273. The van der Waals surface area contributed by atoms with E-state index in [0.29, 0.717) is 39.7 Å². The number of carbonyl (C=O) groups excluding carboxylic acids is 2. The van der Waals surface area contributed by atoms with E-state index < -0.39 is 5.91 Å². The number of nitrogens with zero attached hydrogens (tertiary/aromatic N) is 5. The number of rotatable bonds is 6. The van der Waals surface area contributed by atoms with Gasteiger partial charge in [-0.15, -0.1) is 0 Å². The van der Waals surface area contributed by atoms with Gasteiger partial charge in [0.1, 0.15) is 18.2 Å². The van der Waals surface area contributed by atoms with E-state index in [4.69, 9.17) is 4.42 Å². The maximum atomic E-state index is 13.2. The standard InChI is InChI=1S/C22H20N6O3/c1-12(2)28-9-17(16-8-24-11-25-20(16)28)19(29)14-5-15(7-23-6-14)26-21(30)18-10-31-22(27-18)13-3-4-13/h5-13H,3-4H2,1-2H3,(H,26,30). The largest absolute Gasteiger partial charge is 0.448 e. The first-order valence-corrected chi connectivity index (χ1v) is 10.1. The molecule has 1 amide bonds. The average molecular weight is 416 g/mol. The van der Waals surface area contributed by atoms with Crippen LogP contribution in [0.15, 0.2) is 47.9 Å². The van der Waals surface area contributed by atoms with Gasteiger partial charge >= 0.3 is 0 Å². The number of fused-ring (bicyclic) bond motifs is 1. The number of anilines is 1. The zero-order chi connectivity index (χ0) is 21.5. The monoisotopic (exact) mass is 416 g/mol. The lowest BCUT2D eigenvalue weighted by atomic mass is 10.1. The lowest BCUT2D eigenvalue weighted by Gasteiger charge is -2.07. The van der Waals surface area contributed by atoms with Gasteiger partial charge in [0.25, 0.3) is 5.91 Å². The van der Waals surface area contributed by atoms with E-state index in [-0.39, 0.29) is 17.5 Å². The van der Waals surface area contributed by atoms with E-state index in [1.165, 1.54) is 25.0 Å². The molecule has 4 aromatic rings. The van der Waals surface area contributed by atoms with Gasteiger partial charge in [0, 0.05) is 41.5 Å². The second-order valence-electron chi connectivity index (χ2n) is 7.89. The van der Waals surface area contributed by atoms with Crippen molar-refractivity contribution in [2.24, 2.45) is 0 Å². The van der Waals surface area contributed by atoms with Crippen molar-refractivity contribution in [3.8, 4) is 0 Å². The van der Waals surface area contributed by atoms with Gasteiger partial charge in [0.2, 0.25) is 0 Å². The lowest BCUT2D eigenvalue weighted by Crippen LogP contribution is -2.13. The van der Waals surface area contributed by atoms with E-state index >= 15 is 0 Å². The van der Waals surface area contributed by atoms with E-state index in [1.54, 1.807) is 18.5 Å². The van der Waals surface area contributed by atoms with Gasteiger partial charge in [-0.3, -0.25) is 14.6 Å². The first-order valence-electron chi connectivity index (χ1n) is 10.1. The fourth-order valence-electron chi connectivity index (χ4n) is 3.46. The molecule has 0 aliphatic heterocycles. The SMILES string of the molecule is CC(C)n1cc(C(=O)c2cncc(NC(=O)c3coc(C4CC4)n3)c2)c2cncnc21. The molecule has 0 radical (unpaired) electrons. The molecule has 156 valence electrons. The minimum atomic E-state index is -0.410. The molecule has 4 aromatic heterocycles. The predicted molar refractivity (Wildman–Crippen MR) is 112 cm³/mol. The molecule has 31 heavy (non-hydrogen) atoms. The van der Waals surface area contributed by atoms with Crippen molar-refractivity contribution in [2.75, 3.05) is 5.32 Å². The summed E-state index contributed by atoms with van der Waals surface area (Å²) in [5.41, 5.74) is 2.14. The van der Waals surface area contributed by atoms with Gasteiger partial charge in [0.15, 0.2) is 17.4 Å². The highest BCUT2D eigenvalue weighted by molar-refractivity contribution is 6.16. The van der Waals surface area contributed by atoms with Crippen LogP contribution in [0.2, 0.25) is 0 Å². The Bertz CT molecular complexity index is 1300. The third-order valence-corrected chi connectivity index (χ3v) is 5.23. The summed E-state index contributed by atoms with van der Waals surface area (Å²) < 4.78 is 7.31. The molecule has 0 saturated heterocycles. The van der Waals surface area contributed by atoms with Crippen LogP contribution in [0.5, 0.6) is 0 Å². The number of aromatic nitrogens is 5. The molecule has 9 heteroatoms. The molecule has 1 fully saturated rings. The molecule has 1 aliphatic carbocycles. The molecule has 5 rings (SSSR count). The summed E-state index contributed by atoms with van der Waals surface area (Å²) >= 11 is 0. The van der Waals surface area contributed by atoms with Crippen molar-refractivity contribution in [3.05, 3.63) is 66.2 Å². The topological polar surface area (TPSA) is 116 Å². The van der Waals surface area contributed by atoms with Crippen LogP contribution in [0, 0.1) is 0 Å². The summed E-state index contributed by atoms with van der Waals surface area (Å²) in [6.07, 6.45) is 11.3. The summed E-state index contributed by atoms with van der Waals surface area (Å²) in [5.74, 6) is 0.282. The molecular weight excluding hydrogens is 396 g/mol. The average Bonchev–Trinajstić information content (AvgIpc) is 3.36. The number of hydrogen-bond donors (Lipinski definition) is 1. The quantitative estimate of drug-likeness (QED) is 0.476. The van der Waals surface area contributed by atoms with Gasteiger partial charge in [-0.05, 0) is 32.8 Å². The third-order valence-electron chi connectivity index (χ3n) is 5.23. The van der Waals surface area contributed by atoms with Gasteiger partial charge in [-0.1, -0.05) is 0 Å². The van der Waals surface area contributed by atoms with Crippen molar-refractivity contribution in [2.45, 2.75) is 38.6 Å². The summed E-state index contributed by atoms with van der Waals surface area (Å²) in [6, 6.07) is 1.72. The number of amides is 1. The molecule has 0 bridgehead atoms. The Morgan fingerprint density at radius 1 is 1.19 bits per heavy atom. The zero-order valence-electron chi connectivity index (χ0n) is 17.1. The second kappa shape index (κ2) is 7.42. The first-order chi connectivity index (χ1) is 15.0. The third kappa shape index (κ3) is 3.58. The van der Waals surface area contributed by atoms with Crippen molar-refractivity contribution in [1.82, 2.24) is 24.5 Å². The van der Waals surface area contributed by atoms with Gasteiger partial charge in [-0.2, -0.15) is 0 Å². The molecule has 0 unspecified atom stereocenters. The van der Waals surface area contributed by atoms with Crippen LogP contribution in [0.3, 0.4) is 0 Å². The predicted octanol–water partition coefficient (Wildman–Crippen LogP) is 3.76. The number of oxazole rings is 1. The van der Waals surface area contributed by atoms with E-state index in [9.17, 15) is 9.59 Å². The van der Waals surface area contributed by atoms with Gasteiger partial charge in [0.05, 0.1) is 17.4 Å². The van der Waals surface area contributed by atoms with Crippen LogP contribution in [0.1, 0.15) is 70.9 Å². The Labute approximate surface area is 177 Å². The number of carbonyl (C=O) groups is 2. The van der Waals surface area contributed by atoms with Crippen LogP contribution in [0.25, 0.3) is 11.0 Å². The van der Waals surface area contributed by atoms with E-state index in [1.807, 2.05) is 18.4 Å². The highest BCUT2D eigenvalue weighted by Crippen LogP contribution is 2.39. The van der Waals surface area contributed by atoms with Crippen LogP contribution in [0.4, 0.5) is 5.69 Å². The Hall–Kier alpha value is -3.88. The van der Waals surface area contributed by atoms with Crippen LogP contribution in [-0.2, 0) is 0 Å². The van der Waals surface area contributed by atoms with Crippen LogP contribution >= 0.6 is 0 Å². The minimum Gasteiger partial charge on any atom is -0.448 e. The number of ketones is 1.